The van der Waals surface area contributed by atoms with Crippen LogP contribution in [0.5, 0.6) is 11.5 Å². The van der Waals surface area contributed by atoms with E-state index in [-0.39, 0.29) is 11.7 Å². The van der Waals surface area contributed by atoms with Crippen molar-refractivity contribution in [3.05, 3.63) is 89.0 Å². The third-order valence-electron chi connectivity index (χ3n) is 7.29. The summed E-state index contributed by atoms with van der Waals surface area (Å²) in [4.78, 5) is 7.00. The fourth-order valence-electron chi connectivity index (χ4n) is 5.28. The first-order valence-corrected chi connectivity index (χ1v) is 12.0. The van der Waals surface area contributed by atoms with Gasteiger partial charge in [-0.05, 0) is 79.8 Å². The van der Waals surface area contributed by atoms with Crippen molar-refractivity contribution in [3.8, 4) is 11.5 Å². The molecule has 3 aromatic rings. The maximum Gasteiger partial charge on any atom is 0.131 e. The Kier molecular flexibility index (Phi) is 6.53. The van der Waals surface area contributed by atoms with Gasteiger partial charge in [-0.25, -0.2) is 4.39 Å². The molecule has 2 aliphatic heterocycles. The van der Waals surface area contributed by atoms with Crippen LogP contribution in [0.2, 0.25) is 0 Å². The molecule has 2 aliphatic rings. The Balaban J connectivity index is 1.25. The van der Waals surface area contributed by atoms with Crippen LogP contribution in [0.4, 0.5) is 4.39 Å². The molecule has 2 aromatic carbocycles. The number of hydrogen-bond donors (Lipinski definition) is 1. The Morgan fingerprint density at radius 3 is 2.68 bits per heavy atom. The number of rotatable bonds is 6. The molecule has 1 fully saturated rings. The number of halogens is 1. The summed E-state index contributed by atoms with van der Waals surface area (Å²) in [5.74, 6) is 1.64. The molecule has 1 atom stereocenters. The van der Waals surface area contributed by atoms with Gasteiger partial charge in [-0.2, -0.15) is 0 Å². The Hall–Kier alpha value is -2.96. The fraction of sp³-hybridized carbons (Fsp3) is 0.393. The van der Waals surface area contributed by atoms with E-state index < -0.39 is 5.60 Å². The van der Waals surface area contributed by atoms with E-state index in [1.54, 1.807) is 19.2 Å². The first-order chi connectivity index (χ1) is 16.6. The second-order valence-electron chi connectivity index (χ2n) is 9.31. The highest BCUT2D eigenvalue weighted by Crippen LogP contribution is 2.41. The summed E-state index contributed by atoms with van der Waals surface area (Å²) < 4.78 is 24.9. The minimum atomic E-state index is -0.872. The van der Waals surface area contributed by atoms with Gasteiger partial charge in [-0.3, -0.25) is 4.98 Å². The SMILES string of the molecule is COc1ccc2c(c1)C(CCCN1CCC(O)(c3ccc(F)cc3)CC1)c1cccnc1CO2. The molecule has 6 heteroatoms. The van der Waals surface area contributed by atoms with Crippen LogP contribution in [0.25, 0.3) is 0 Å². The maximum absolute atomic E-state index is 13.3. The smallest absolute Gasteiger partial charge is 0.131 e. The summed E-state index contributed by atoms with van der Waals surface area (Å²) >= 11 is 0. The molecule has 1 N–H and O–H groups in total. The van der Waals surface area contributed by atoms with E-state index in [2.05, 4.69) is 22.0 Å². The summed E-state index contributed by atoms with van der Waals surface area (Å²) in [5.41, 5.74) is 3.30. The number of ether oxygens (including phenoxy) is 2. The number of piperidine rings is 1. The summed E-state index contributed by atoms with van der Waals surface area (Å²) in [6.45, 7) is 3.08. The standard InChI is InChI=1S/C28H31FN2O3/c1-33-22-10-11-27-25(18-22)23(24-4-2-14-30-26(24)19-34-27)5-3-15-31-16-12-28(32,13-17-31)20-6-8-21(29)9-7-20/h2,4,6-11,14,18,23,32H,3,5,12-13,15-17,19H2,1H3. The largest absolute Gasteiger partial charge is 0.497 e. The topological polar surface area (TPSA) is 54.8 Å². The van der Waals surface area contributed by atoms with E-state index >= 15 is 0 Å². The highest BCUT2D eigenvalue weighted by atomic mass is 19.1. The van der Waals surface area contributed by atoms with Crippen molar-refractivity contribution < 1.29 is 19.0 Å². The Bertz CT molecular complexity index is 1130. The van der Waals surface area contributed by atoms with Crippen LogP contribution < -0.4 is 9.47 Å². The lowest BCUT2D eigenvalue weighted by Gasteiger charge is -2.38. The lowest BCUT2D eigenvalue weighted by atomic mass is 9.84. The number of likely N-dealkylation sites (tertiary alicyclic amines) is 1. The Morgan fingerprint density at radius 1 is 1.12 bits per heavy atom. The molecule has 1 unspecified atom stereocenters. The van der Waals surface area contributed by atoms with Gasteiger partial charge in [0.2, 0.25) is 0 Å². The summed E-state index contributed by atoms with van der Waals surface area (Å²) in [7, 11) is 1.69. The molecular formula is C28H31FN2O3. The van der Waals surface area contributed by atoms with E-state index in [1.165, 1.54) is 17.7 Å². The van der Waals surface area contributed by atoms with E-state index in [1.807, 2.05) is 24.4 Å². The number of benzene rings is 2. The van der Waals surface area contributed by atoms with Crippen molar-refractivity contribution in [2.45, 2.75) is 43.8 Å². The van der Waals surface area contributed by atoms with Crippen molar-refractivity contribution in [2.75, 3.05) is 26.7 Å². The van der Waals surface area contributed by atoms with Gasteiger partial charge in [0.1, 0.15) is 23.9 Å². The van der Waals surface area contributed by atoms with Crippen molar-refractivity contribution in [1.29, 1.82) is 0 Å². The van der Waals surface area contributed by atoms with Gasteiger partial charge in [0, 0.05) is 30.8 Å². The Morgan fingerprint density at radius 2 is 1.91 bits per heavy atom. The van der Waals surface area contributed by atoms with Crippen LogP contribution in [0.1, 0.15) is 54.0 Å². The Labute approximate surface area is 200 Å². The zero-order valence-corrected chi connectivity index (χ0v) is 19.5. The maximum atomic E-state index is 13.3. The predicted molar refractivity (Wildman–Crippen MR) is 129 cm³/mol. The lowest BCUT2D eigenvalue weighted by Crippen LogP contribution is -2.42. The minimum Gasteiger partial charge on any atom is -0.497 e. The third-order valence-corrected chi connectivity index (χ3v) is 7.29. The number of aromatic nitrogens is 1. The molecular weight excluding hydrogens is 431 g/mol. The first-order valence-electron chi connectivity index (χ1n) is 12.0. The number of pyridine rings is 1. The van der Waals surface area contributed by atoms with Crippen molar-refractivity contribution in [2.24, 2.45) is 0 Å². The molecule has 3 heterocycles. The van der Waals surface area contributed by atoms with E-state index in [0.29, 0.717) is 19.4 Å². The van der Waals surface area contributed by atoms with Crippen molar-refractivity contribution >= 4 is 0 Å². The molecule has 0 spiro atoms. The number of methoxy groups -OCH3 is 1. The molecule has 0 radical (unpaired) electrons. The van der Waals surface area contributed by atoms with E-state index in [0.717, 1.165) is 60.8 Å². The van der Waals surface area contributed by atoms with Crippen LogP contribution in [-0.4, -0.2) is 41.7 Å². The molecule has 0 saturated carbocycles. The highest BCUT2D eigenvalue weighted by Gasteiger charge is 2.34. The van der Waals surface area contributed by atoms with Crippen LogP contribution in [0, 0.1) is 5.82 Å². The summed E-state index contributed by atoms with van der Waals surface area (Å²) in [5, 5.41) is 11.1. The molecule has 0 amide bonds. The predicted octanol–water partition coefficient (Wildman–Crippen LogP) is 5.02. The van der Waals surface area contributed by atoms with E-state index in [9.17, 15) is 9.50 Å². The molecule has 178 valence electrons. The minimum absolute atomic E-state index is 0.192. The van der Waals surface area contributed by atoms with Crippen LogP contribution >= 0.6 is 0 Å². The third kappa shape index (κ3) is 4.65. The summed E-state index contributed by atoms with van der Waals surface area (Å²) in [6.07, 6.45) is 5.13. The van der Waals surface area contributed by atoms with Crippen LogP contribution in [0.15, 0.2) is 60.8 Å². The fourth-order valence-corrected chi connectivity index (χ4v) is 5.28. The number of fused-ring (bicyclic) bond motifs is 2. The second-order valence-corrected chi connectivity index (χ2v) is 9.31. The second kappa shape index (κ2) is 9.72. The molecule has 34 heavy (non-hydrogen) atoms. The van der Waals surface area contributed by atoms with Gasteiger partial charge in [0.05, 0.1) is 18.4 Å². The molecule has 0 bridgehead atoms. The molecule has 1 saturated heterocycles. The van der Waals surface area contributed by atoms with Gasteiger partial charge in [-0.1, -0.05) is 18.2 Å². The zero-order chi connectivity index (χ0) is 23.5. The normalized spacial score (nSPS) is 19.4. The van der Waals surface area contributed by atoms with Gasteiger partial charge >= 0.3 is 0 Å². The van der Waals surface area contributed by atoms with Gasteiger partial charge in [-0.15, -0.1) is 0 Å². The van der Waals surface area contributed by atoms with Gasteiger partial charge in [0.15, 0.2) is 0 Å². The van der Waals surface area contributed by atoms with Gasteiger partial charge in [0.25, 0.3) is 0 Å². The lowest BCUT2D eigenvalue weighted by molar-refractivity contribution is -0.0261. The van der Waals surface area contributed by atoms with Crippen LogP contribution in [-0.2, 0) is 12.2 Å². The summed E-state index contributed by atoms with van der Waals surface area (Å²) in [6, 6.07) is 16.4. The average Bonchev–Trinajstić information content (AvgIpc) is 3.02. The van der Waals surface area contributed by atoms with Crippen LogP contribution in [0.3, 0.4) is 0 Å². The molecule has 1 aromatic heterocycles. The molecule has 5 rings (SSSR count). The molecule has 5 nitrogen and oxygen atoms in total. The van der Waals surface area contributed by atoms with E-state index in [4.69, 9.17) is 9.47 Å². The number of nitrogens with zero attached hydrogens (tertiary/aromatic N) is 2. The number of aliphatic hydroxyl groups is 1. The average molecular weight is 463 g/mol. The monoisotopic (exact) mass is 462 g/mol. The van der Waals surface area contributed by atoms with Crippen molar-refractivity contribution in [3.63, 3.8) is 0 Å². The number of hydrogen-bond acceptors (Lipinski definition) is 5. The molecule has 0 aliphatic carbocycles. The highest BCUT2D eigenvalue weighted by molar-refractivity contribution is 5.48. The van der Waals surface area contributed by atoms with Gasteiger partial charge < -0.3 is 19.5 Å². The van der Waals surface area contributed by atoms with Crippen molar-refractivity contribution in [1.82, 2.24) is 9.88 Å². The zero-order valence-electron chi connectivity index (χ0n) is 19.5. The first kappa shape index (κ1) is 22.8. The quantitative estimate of drug-likeness (QED) is 0.558.